The summed E-state index contributed by atoms with van der Waals surface area (Å²) in [7, 11) is 0. The summed E-state index contributed by atoms with van der Waals surface area (Å²) in [4.78, 5) is 11.0. The van der Waals surface area contributed by atoms with Gasteiger partial charge in [0.1, 0.15) is 5.75 Å². The van der Waals surface area contributed by atoms with E-state index in [1.165, 1.54) is 12.8 Å². The van der Waals surface area contributed by atoms with E-state index < -0.39 is 5.24 Å². The van der Waals surface area contributed by atoms with E-state index in [-0.39, 0.29) is 0 Å². The summed E-state index contributed by atoms with van der Waals surface area (Å²) >= 11 is 5.44. The van der Waals surface area contributed by atoms with Gasteiger partial charge in [-0.2, -0.15) is 0 Å². The summed E-state index contributed by atoms with van der Waals surface area (Å²) < 4.78 is 5.69. The maximum atomic E-state index is 11.0. The first kappa shape index (κ1) is 15.6. The number of benzene rings is 2. The van der Waals surface area contributed by atoms with Crippen molar-refractivity contribution in [3.63, 3.8) is 0 Å². The van der Waals surface area contributed by atoms with Crippen molar-refractivity contribution in [2.45, 2.75) is 26.2 Å². The molecule has 2 nitrogen and oxygen atoms in total. The van der Waals surface area contributed by atoms with Crippen molar-refractivity contribution in [3.05, 3.63) is 54.1 Å². The summed E-state index contributed by atoms with van der Waals surface area (Å²) in [5.41, 5.74) is 2.65. The number of rotatable bonds is 7. The predicted molar refractivity (Wildman–Crippen MR) is 87.1 cm³/mol. The van der Waals surface area contributed by atoms with Crippen LogP contribution in [0.4, 0.5) is 0 Å². The lowest BCUT2D eigenvalue weighted by Gasteiger charge is -2.07. The topological polar surface area (TPSA) is 26.3 Å². The summed E-state index contributed by atoms with van der Waals surface area (Å²) in [5, 5.41) is -0.433. The third-order valence-corrected chi connectivity index (χ3v) is 3.53. The molecule has 0 aromatic heterocycles. The zero-order valence-corrected chi connectivity index (χ0v) is 12.9. The summed E-state index contributed by atoms with van der Waals surface area (Å²) in [6.45, 7) is 2.94. The SMILES string of the molecule is CCCCCOc1ccc(-c2ccc(C(=O)Cl)cc2)cc1. The van der Waals surface area contributed by atoms with Crippen LogP contribution >= 0.6 is 11.6 Å². The lowest BCUT2D eigenvalue weighted by atomic mass is 10.0. The minimum Gasteiger partial charge on any atom is -0.494 e. The smallest absolute Gasteiger partial charge is 0.252 e. The Hall–Kier alpha value is -1.80. The molecule has 0 saturated heterocycles. The number of carbonyl (C=O) groups excluding carboxylic acids is 1. The normalized spacial score (nSPS) is 10.4. The van der Waals surface area contributed by atoms with Crippen LogP contribution in [0.1, 0.15) is 36.5 Å². The largest absolute Gasteiger partial charge is 0.494 e. The van der Waals surface area contributed by atoms with Gasteiger partial charge in [0.05, 0.1) is 6.61 Å². The molecule has 2 rings (SSSR count). The Morgan fingerprint density at radius 3 is 2.05 bits per heavy atom. The highest BCUT2D eigenvalue weighted by Crippen LogP contribution is 2.23. The zero-order valence-electron chi connectivity index (χ0n) is 12.1. The Morgan fingerprint density at radius 2 is 1.52 bits per heavy atom. The molecule has 0 aliphatic heterocycles. The summed E-state index contributed by atoms with van der Waals surface area (Å²) in [6.07, 6.45) is 3.49. The maximum Gasteiger partial charge on any atom is 0.252 e. The van der Waals surface area contributed by atoms with E-state index >= 15 is 0 Å². The molecule has 0 saturated carbocycles. The first-order valence-corrected chi connectivity index (χ1v) is 7.61. The van der Waals surface area contributed by atoms with E-state index in [4.69, 9.17) is 16.3 Å². The first-order valence-electron chi connectivity index (χ1n) is 7.24. The molecule has 0 bridgehead atoms. The van der Waals surface area contributed by atoms with Crippen molar-refractivity contribution in [2.75, 3.05) is 6.61 Å². The van der Waals surface area contributed by atoms with Crippen molar-refractivity contribution < 1.29 is 9.53 Å². The molecule has 2 aromatic rings. The molecule has 0 radical (unpaired) electrons. The predicted octanol–water partition coefficient (Wildman–Crippen LogP) is 5.30. The average molecular weight is 303 g/mol. The molecule has 0 aliphatic carbocycles. The lowest BCUT2D eigenvalue weighted by Crippen LogP contribution is -1.96. The van der Waals surface area contributed by atoms with Gasteiger partial charge in [0, 0.05) is 5.56 Å². The number of halogens is 1. The Kier molecular flexibility index (Phi) is 5.82. The highest BCUT2D eigenvalue weighted by Gasteiger charge is 2.03. The third kappa shape index (κ3) is 4.61. The van der Waals surface area contributed by atoms with Crippen molar-refractivity contribution in [2.24, 2.45) is 0 Å². The maximum absolute atomic E-state index is 11.0. The van der Waals surface area contributed by atoms with Crippen LogP contribution in [0.5, 0.6) is 5.75 Å². The van der Waals surface area contributed by atoms with Crippen LogP contribution in [0.3, 0.4) is 0 Å². The van der Waals surface area contributed by atoms with Crippen LogP contribution in [0.2, 0.25) is 0 Å². The van der Waals surface area contributed by atoms with Crippen LogP contribution in [-0.2, 0) is 0 Å². The first-order chi connectivity index (χ1) is 10.2. The molecular formula is C18H19ClO2. The van der Waals surface area contributed by atoms with Gasteiger partial charge in [0.25, 0.3) is 5.24 Å². The van der Waals surface area contributed by atoms with Gasteiger partial charge in [-0.1, -0.05) is 44.0 Å². The van der Waals surface area contributed by atoms with Crippen molar-refractivity contribution in [1.29, 1.82) is 0 Å². The molecule has 0 heterocycles. The van der Waals surface area contributed by atoms with Gasteiger partial charge in [-0.3, -0.25) is 4.79 Å². The molecule has 0 aliphatic rings. The fourth-order valence-electron chi connectivity index (χ4n) is 2.08. The van der Waals surface area contributed by atoms with E-state index in [1.807, 2.05) is 36.4 Å². The van der Waals surface area contributed by atoms with Gasteiger partial charge in [0.15, 0.2) is 0 Å². The van der Waals surface area contributed by atoms with Crippen molar-refractivity contribution in [1.82, 2.24) is 0 Å². The van der Waals surface area contributed by atoms with Gasteiger partial charge >= 0.3 is 0 Å². The molecule has 110 valence electrons. The van der Waals surface area contributed by atoms with E-state index in [0.717, 1.165) is 29.9 Å². The fourth-order valence-corrected chi connectivity index (χ4v) is 2.21. The molecule has 3 heteroatoms. The molecule has 0 amide bonds. The molecule has 0 N–H and O–H groups in total. The van der Waals surface area contributed by atoms with Crippen LogP contribution in [0.15, 0.2) is 48.5 Å². The highest BCUT2D eigenvalue weighted by molar-refractivity contribution is 6.67. The molecule has 0 spiro atoms. The monoisotopic (exact) mass is 302 g/mol. The molecule has 2 aromatic carbocycles. The number of carbonyl (C=O) groups is 1. The number of unbranched alkanes of at least 4 members (excludes halogenated alkanes) is 2. The van der Waals surface area contributed by atoms with Gasteiger partial charge < -0.3 is 4.74 Å². The summed E-state index contributed by atoms with van der Waals surface area (Å²) in [5.74, 6) is 0.891. The summed E-state index contributed by atoms with van der Waals surface area (Å²) in [6, 6.07) is 15.3. The lowest BCUT2D eigenvalue weighted by molar-refractivity contribution is 0.108. The van der Waals surface area contributed by atoms with E-state index in [1.54, 1.807) is 12.1 Å². The second-order valence-electron chi connectivity index (χ2n) is 4.93. The van der Waals surface area contributed by atoms with Crippen molar-refractivity contribution in [3.8, 4) is 16.9 Å². The van der Waals surface area contributed by atoms with Crippen molar-refractivity contribution >= 4 is 16.8 Å². The van der Waals surface area contributed by atoms with Gasteiger partial charge in [-0.05, 0) is 53.4 Å². The Morgan fingerprint density at radius 1 is 0.952 bits per heavy atom. The Labute approximate surface area is 130 Å². The van der Waals surface area contributed by atoms with Gasteiger partial charge in [-0.25, -0.2) is 0 Å². The fraction of sp³-hybridized carbons (Fsp3) is 0.278. The van der Waals surface area contributed by atoms with Crippen LogP contribution < -0.4 is 4.74 Å². The zero-order chi connectivity index (χ0) is 15.1. The number of ether oxygens (including phenoxy) is 1. The Balaban J connectivity index is 1.99. The molecule has 0 atom stereocenters. The van der Waals surface area contributed by atoms with Crippen LogP contribution in [-0.4, -0.2) is 11.8 Å². The van der Waals surface area contributed by atoms with E-state index in [9.17, 15) is 4.79 Å². The second kappa shape index (κ2) is 7.84. The second-order valence-corrected chi connectivity index (χ2v) is 5.27. The van der Waals surface area contributed by atoms with Crippen LogP contribution in [0.25, 0.3) is 11.1 Å². The molecular weight excluding hydrogens is 284 g/mol. The van der Waals surface area contributed by atoms with E-state index in [0.29, 0.717) is 5.56 Å². The third-order valence-electron chi connectivity index (χ3n) is 3.32. The molecule has 21 heavy (non-hydrogen) atoms. The number of hydrogen-bond donors (Lipinski definition) is 0. The van der Waals surface area contributed by atoms with E-state index in [2.05, 4.69) is 6.92 Å². The standard InChI is InChI=1S/C18H19ClO2/c1-2-3-4-13-21-17-11-9-15(10-12-17)14-5-7-16(8-6-14)18(19)20/h5-12H,2-4,13H2,1H3. The minimum absolute atomic E-state index is 0.433. The van der Waals surface area contributed by atoms with Crippen LogP contribution in [0, 0.1) is 0 Å². The minimum atomic E-state index is -0.433. The number of hydrogen-bond acceptors (Lipinski definition) is 2. The average Bonchev–Trinajstić information content (AvgIpc) is 2.52. The Bertz CT molecular complexity index is 573. The quantitative estimate of drug-likeness (QED) is 0.512. The van der Waals surface area contributed by atoms with Gasteiger partial charge in [0.2, 0.25) is 0 Å². The van der Waals surface area contributed by atoms with Gasteiger partial charge in [-0.15, -0.1) is 0 Å². The highest BCUT2D eigenvalue weighted by atomic mass is 35.5. The molecule has 0 unspecified atom stereocenters. The molecule has 0 fully saturated rings.